The Morgan fingerprint density at radius 2 is 1.57 bits per heavy atom. The molecule has 1 rings (SSSR count). The molecule has 0 aliphatic rings. The van der Waals surface area contributed by atoms with E-state index in [0.717, 1.165) is 10.8 Å². The van der Waals surface area contributed by atoms with Crippen molar-refractivity contribution in [2.24, 2.45) is 5.92 Å². The van der Waals surface area contributed by atoms with Gasteiger partial charge < -0.3 is 14.6 Å². The fourth-order valence-electron chi connectivity index (χ4n) is 2.24. The lowest BCUT2D eigenvalue weighted by atomic mass is 10.2. The molecule has 0 aliphatic heterocycles. The van der Waals surface area contributed by atoms with Gasteiger partial charge in [0, 0.05) is 0 Å². The molecule has 1 N–H and O–H groups in total. The Labute approximate surface area is 125 Å². The third-order valence-electron chi connectivity index (χ3n) is 3.60. The summed E-state index contributed by atoms with van der Waals surface area (Å²) in [5.41, 5.74) is 0.834. The Morgan fingerprint density at radius 1 is 1.10 bits per heavy atom. The van der Waals surface area contributed by atoms with Crippen LogP contribution in [0.1, 0.15) is 5.56 Å². The van der Waals surface area contributed by atoms with Gasteiger partial charge in [0.15, 0.2) is 5.92 Å². The average Bonchev–Trinajstić information content (AvgIpc) is 2.51. The van der Waals surface area contributed by atoms with E-state index in [1.165, 1.54) is 14.2 Å². The Morgan fingerprint density at radius 3 is 1.95 bits per heavy atom. The lowest BCUT2D eigenvalue weighted by molar-refractivity contribution is -0.157. The molecular formula is C15H22O5Si. The van der Waals surface area contributed by atoms with Gasteiger partial charge >= 0.3 is 11.9 Å². The smallest absolute Gasteiger partial charge is 0.319 e. The van der Waals surface area contributed by atoms with E-state index in [0.29, 0.717) is 6.04 Å². The number of aliphatic hydroxyl groups is 1. The van der Waals surface area contributed by atoms with Gasteiger partial charge in [0.1, 0.15) is 0 Å². The third-order valence-corrected chi connectivity index (χ3v) is 6.93. The number of ether oxygens (including phenoxy) is 2. The minimum Gasteiger partial charge on any atom is -0.468 e. The molecule has 0 aromatic heterocycles. The van der Waals surface area contributed by atoms with Gasteiger partial charge in [0.05, 0.1) is 28.9 Å². The first kappa shape index (κ1) is 17.4. The molecule has 0 amide bonds. The van der Waals surface area contributed by atoms with Crippen molar-refractivity contribution >= 4 is 25.2 Å². The van der Waals surface area contributed by atoms with Gasteiger partial charge in [-0.3, -0.25) is 9.59 Å². The van der Waals surface area contributed by atoms with Gasteiger partial charge in [-0.25, -0.2) is 0 Å². The number of esters is 2. The highest BCUT2D eigenvalue weighted by molar-refractivity contribution is 6.90. The molecule has 0 aliphatic carbocycles. The standard InChI is InChI=1S/C15H22O5Si/c1-19-14(17)13(15(18)20-2)10-21(3,4)12-7-5-11(9-16)6-8-12/h5-8,13,16H,9-10H2,1-4H3. The summed E-state index contributed by atoms with van der Waals surface area (Å²) in [5.74, 6) is -2.01. The van der Waals surface area contributed by atoms with E-state index in [-0.39, 0.29) is 6.61 Å². The molecule has 5 nitrogen and oxygen atoms in total. The number of aliphatic hydroxyl groups excluding tert-OH is 1. The van der Waals surface area contributed by atoms with Crippen LogP contribution < -0.4 is 5.19 Å². The van der Waals surface area contributed by atoms with Crippen LogP contribution in [0, 0.1) is 5.92 Å². The van der Waals surface area contributed by atoms with Crippen LogP contribution in [0.25, 0.3) is 0 Å². The molecule has 116 valence electrons. The molecule has 0 saturated heterocycles. The van der Waals surface area contributed by atoms with Crippen LogP contribution in [-0.4, -0.2) is 39.3 Å². The van der Waals surface area contributed by atoms with Crippen LogP contribution in [0.2, 0.25) is 19.1 Å². The number of rotatable bonds is 6. The summed E-state index contributed by atoms with van der Waals surface area (Å²) in [6.45, 7) is 4.16. The van der Waals surface area contributed by atoms with E-state index in [2.05, 4.69) is 13.1 Å². The minimum absolute atomic E-state index is 0.00475. The molecule has 0 spiro atoms. The van der Waals surface area contributed by atoms with E-state index in [1.807, 2.05) is 24.3 Å². The van der Waals surface area contributed by atoms with Crippen molar-refractivity contribution in [1.29, 1.82) is 0 Å². The molecule has 0 radical (unpaired) electrons. The first-order valence-corrected chi connectivity index (χ1v) is 9.92. The minimum atomic E-state index is -2.02. The van der Waals surface area contributed by atoms with Crippen molar-refractivity contribution in [2.75, 3.05) is 14.2 Å². The Bertz CT molecular complexity index is 479. The zero-order chi connectivity index (χ0) is 16.0. The quantitative estimate of drug-likeness (QED) is 0.483. The van der Waals surface area contributed by atoms with Gasteiger partial charge in [0.25, 0.3) is 0 Å². The molecule has 1 aromatic carbocycles. The monoisotopic (exact) mass is 310 g/mol. The maximum Gasteiger partial charge on any atom is 0.319 e. The summed E-state index contributed by atoms with van der Waals surface area (Å²) in [7, 11) is 0.514. The van der Waals surface area contributed by atoms with E-state index in [4.69, 9.17) is 14.6 Å². The van der Waals surface area contributed by atoms with Gasteiger partial charge in [-0.15, -0.1) is 0 Å². The maximum atomic E-state index is 11.8. The van der Waals surface area contributed by atoms with Crippen LogP contribution in [0.4, 0.5) is 0 Å². The van der Waals surface area contributed by atoms with Gasteiger partial charge in [-0.2, -0.15) is 0 Å². The van der Waals surface area contributed by atoms with E-state index in [1.54, 1.807) is 0 Å². The highest BCUT2D eigenvalue weighted by Gasteiger charge is 2.37. The molecule has 0 heterocycles. The second-order valence-corrected chi connectivity index (χ2v) is 10.3. The Hall–Kier alpha value is -1.66. The van der Waals surface area contributed by atoms with Crippen molar-refractivity contribution in [3.8, 4) is 0 Å². The average molecular weight is 310 g/mol. The van der Waals surface area contributed by atoms with Gasteiger partial charge in [0.2, 0.25) is 0 Å². The molecule has 1 aromatic rings. The van der Waals surface area contributed by atoms with Crippen LogP contribution >= 0.6 is 0 Å². The van der Waals surface area contributed by atoms with Crippen molar-refractivity contribution in [3.63, 3.8) is 0 Å². The lowest BCUT2D eigenvalue weighted by Gasteiger charge is -2.26. The Kier molecular flexibility index (Phi) is 6.11. The fraction of sp³-hybridized carbons (Fsp3) is 0.467. The van der Waals surface area contributed by atoms with Crippen molar-refractivity contribution in [2.45, 2.75) is 25.7 Å². The predicted molar refractivity (Wildman–Crippen MR) is 81.8 cm³/mol. The number of benzene rings is 1. The van der Waals surface area contributed by atoms with Gasteiger partial charge in [-0.1, -0.05) is 42.5 Å². The van der Waals surface area contributed by atoms with Crippen LogP contribution in [-0.2, 0) is 25.7 Å². The topological polar surface area (TPSA) is 72.8 Å². The molecular weight excluding hydrogens is 288 g/mol. The fourth-order valence-corrected chi connectivity index (χ4v) is 4.90. The van der Waals surface area contributed by atoms with Crippen LogP contribution in [0.3, 0.4) is 0 Å². The third kappa shape index (κ3) is 4.40. The van der Waals surface area contributed by atoms with Crippen LogP contribution in [0.15, 0.2) is 24.3 Å². The molecule has 0 unspecified atom stereocenters. The molecule has 21 heavy (non-hydrogen) atoms. The first-order chi connectivity index (χ1) is 9.85. The van der Waals surface area contributed by atoms with Crippen molar-refractivity contribution in [1.82, 2.24) is 0 Å². The van der Waals surface area contributed by atoms with Crippen LogP contribution in [0.5, 0.6) is 0 Å². The molecule has 6 heteroatoms. The highest BCUT2D eigenvalue weighted by atomic mass is 28.3. The Balaban J connectivity index is 2.98. The maximum absolute atomic E-state index is 11.8. The molecule has 0 bridgehead atoms. The second kappa shape index (κ2) is 7.38. The predicted octanol–water partition coefficient (Wildman–Crippen LogP) is 1.06. The van der Waals surface area contributed by atoms with E-state index < -0.39 is 25.9 Å². The number of carbonyl (C=O) groups excluding carboxylic acids is 2. The van der Waals surface area contributed by atoms with E-state index in [9.17, 15) is 9.59 Å². The molecule has 0 atom stereocenters. The summed E-state index contributed by atoms with van der Waals surface area (Å²) in [5, 5.41) is 10.2. The van der Waals surface area contributed by atoms with Crippen molar-refractivity contribution < 1.29 is 24.2 Å². The van der Waals surface area contributed by atoms with Crippen molar-refractivity contribution in [3.05, 3.63) is 29.8 Å². The number of hydrogen-bond acceptors (Lipinski definition) is 5. The zero-order valence-electron chi connectivity index (χ0n) is 12.9. The summed E-state index contributed by atoms with van der Waals surface area (Å²) in [4.78, 5) is 23.6. The SMILES string of the molecule is COC(=O)C(C[Si](C)(C)c1ccc(CO)cc1)C(=O)OC. The number of methoxy groups -OCH3 is 2. The summed E-state index contributed by atoms with van der Waals surface area (Å²) in [6, 6.07) is 8.03. The zero-order valence-corrected chi connectivity index (χ0v) is 13.9. The first-order valence-electron chi connectivity index (χ1n) is 6.71. The molecule has 0 fully saturated rings. The summed E-state index contributed by atoms with van der Waals surface area (Å²) < 4.78 is 9.41. The second-order valence-electron chi connectivity index (χ2n) is 5.54. The lowest BCUT2D eigenvalue weighted by Crippen LogP contribution is -2.46. The number of hydrogen-bond donors (Lipinski definition) is 1. The number of carbonyl (C=O) groups is 2. The van der Waals surface area contributed by atoms with Gasteiger partial charge in [-0.05, 0) is 11.6 Å². The molecule has 0 saturated carbocycles. The van der Waals surface area contributed by atoms with E-state index >= 15 is 0 Å². The highest BCUT2D eigenvalue weighted by Crippen LogP contribution is 2.20. The summed E-state index contributed by atoms with van der Waals surface area (Å²) in [6.07, 6.45) is 0. The largest absolute Gasteiger partial charge is 0.468 e. The normalized spacial score (nSPS) is 11.3. The summed E-state index contributed by atoms with van der Waals surface area (Å²) >= 11 is 0.